The number of ether oxygens (including phenoxy) is 1. The minimum absolute atomic E-state index is 0.000470. The van der Waals surface area contributed by atoms with E-state index in [4.69, 9.17) is 4.74 Å². The smallest absolute Gasteiger partial charge is 0.410 e. The number of nitrogens with zero attached hydrogens (tertiary/aromatic N) is 1. The Hall–Kier alpha value is -2.04. The van der Waals surface area contributed by atoms with Crippen molar-refractivity contribution in [3.8, 4) is 0 Å². The van der Waals surface area contributed by atoms with E-state index < -0.39 is 5.54 Å². The first-order valence-electron chi connectivity index (χ1n) is 7.24. The minimum atomic E-state index is -0.435. The molecular formula is C16H22N2O3. The van der Waals surface area contributed by atoms with E-state index in [1.807, 2.05) is 44.2 Å². The number of amides is 2. The molecule has 0 radical (unpaired) electrons. The molecular weight excluding hydrogens is 268 g/mol. The Morgan fingerprint density at radius 2 is 2.05 bits per heavy atom. The van der Waals surface area contributed by atoms with Crippen LogP contribution in [0, 0.1) is 0 Å². The van der Waals surface area contributed by atoms with Gasteiger partial charge in [0.15, 0.2) is 0 Å². The molecule has 21 heavy (non-hydrogen) atoms. The van der Waals surface area contributed by atoms with E-state index >= 15 is 0 Å². The lowest BCUT2D eigenvalue weighted by Gasteiger charge is -2.33. The molecule has 5 nitrogen and oxygen atoms in total. The second-order valence-corrected chi connectivity index (χ2v) is 5.84. The Labute approximate surface area is 125 Å². The Morgan fingerprint density at radius 3 is 2.67 bits per heavy atom. The van der Waals surface area contributed by atoms with E-state index in [-0.39, 0.29) is 12.0 Å². The Bertz CT molecular complexity index is 500. The van der Waals surface area contributed by atoms with Gasteiger partial charge >= 0.3 is 6.09 Å². The lowest BCUT2D eigenvalue weighted by Crippen LogP contribution is -2.52. The van der Waals surface area contributed by atoms with Crippen LogP contribution in [0.1, 0.15) is 25.8 Å². The molecule has 1 aliphatic rings. The van der Waals surface area contributed by atoms with Gasteiger partial charge in [-0.1, -0.05) is 30.3 Å². The molecule has 2 rings (SSSR count). The number of hydrogen-bond donors (Lipinski definition) is 1. The average Bonchev–Trinajstić information content (AvgIpc) is 2.91. The predicted molar refractivity (Wildman–Crippen MR) is 79.9 cm³/mol. The fourth-order valence-electron chi connectivity index (χ4n) is 2.34. The third-order valence-corrected chi connectivity index (χ3v) is 3.69. The summed E-state index contributed by atoms with van der Waals surface area (Å²) in [5.41, 5.74) is 0.714. The molecule has 1 aliphatic heterocycles. The van der Waals surface area contributed by atoms with E-state index in [2.05, 4.69) is 5.32 Å². The Balaban J connectivity index is 1.76. The zero-order valence-corrected chi connectivity index (χ0v) is 12.6. The summed E-state index contributed by atoms with van der Waals surface area (Å²) in [5, 5.41) is 2.90. The van der Waals surface area contributed by atoms with Crippen LogP contribution in [0.25, 0.3) is 0 Å². The van der Waals surface area contributed by atoms with Crippen molar-refractivity contribution in [3.63, 3.8) is 0 Å². The first-order chi connectivity index (χ1) is 9.99. The molecule has 0 spiro atoms. The molecule has 1 saturated heterocycles. The summed E-state index contributed by atoms with van der Waals surface area (Å²) in [6.07, 6.45) is 0.863. The summed E-state index contributed by atoms with van der Waals surface area (Å²) in [6.45, 7) is 5.28. The van der Waals surface area contributed by atoms with Crippen LogP contribution in [-0.2, 0) is 16.0 Å². The molecule has 0 aliphatic carbocycles. The van der Waals surface area contributed by atoms with E-state index in [0.29, 0.717) is 26.1 Å². The number of cyclic esters (lactones) is 1. The van der Waals surface area contributed by atoms with Crippen LogP contribution in [0.2, 0.25) is 0 Å². The second-order valence-electron chi connectivity index (χ2n) is 5.84. The fourth-order valence-corrected chi connectivity index (χ4v) is 2.34. The van der Waals surface area contributed by atoms with Crippen molar-refractivity contribution >= 4 is 12.0 Å². The topological polar surface area (TPSA) is 58.6 Å². The molecule has 0 unspecified atom stereocenters. The van der Waals surface area contributed by atoms with Gasteiger partial charge in [0.05, 0.1) is 12.1 Å². The molecule has 0 saturated carbocycles. The van der Waals surface area contributed by atoms with Gasteiger partial charge in [0.2, 0.25) is 5.91 Å². The summed E-state index contributed by atoms with van der Waals surface area (Å²) in [4.78, 5) is 25.1. The summed E-state index contributed by atoms with van der Waals surface area (Å²) < 4.78 is 4.94. The van der Waals surface area contributed by atoms with E-state index in [0.717, 1.165) is 12.0 Å². The number of benzene rings is 1. The van der Waals surface area contributed by atoms with Crippen molar-refractivity contribution < 1.29 is 14.3 Å². The number of aryl methyl sites for hydroxylation is 1. The molecule has 0 bridgehead atoms. The lowest BCUT2D eigenvalue weighted by atomic mass is 10.0. The maximum atomic E-state index is 11.9. The average molecular weight is 290 g/mol. The van der Waals surface area contributed by atoms with E-state index in [9.17, 15) is 9.59 Å². The number of nitrogens with one attached hydrogen (secondary N) is 1. The summed E-state index contributed by atoms with van der Waals surface area (Å²) in [5.74, 6) is -0.000470. The third-order valence-electron chi connectivity index (χ3n) is 3.69. The highest BCUT2D eigenvalue weighted by molar-refractivity contribution is 5.76. The highest BCUT2D eigenvalue weighted by atomic mass is 16.6. The molecule has 1 heterocycles. The summed E-state index contributed by atoms with van der Waals surface area (Å²) >= 11 is 0. The first kappa shape index (κ1) is 15.4. The van der Waals surface area contributed by atoms with Gasteiger partial charge in [0, 0.05) is 13.0 Å². The van der Waals surface area contributed by atoms with Crippen molar-refractivity contribution in [1.82, 2.24) is 10.2 Å². The molecule has 114 valence electrons. The van der Waals surface area contributed by atoms with Crippen LogP contribution in [0.5, 0.6) is 0 Å². The molecule has 0 aromatic heterocycles. The van der Waals surface area contributed by atoms with Crippen molar-refractivity contribution in [3.05, 3.63) is 35.9 Å². The number of hydrogen-bond acceptors (Lipinski definition) is 3. The zero-order chi connectivity index (χ0) is 15.3. The predicted octanol–water partition coefficient (Wildman–Crippen LogP) is 1.97. The molecule has 1 aromatic rings. The van der Waals surface area contributed by atoms with Crippen molar-refractivity contribution in [1.29, 1.82) is 0 Å². The molecule has 1 fully saturated rings. The highest BCUT2D eigenvalue weighted by Gasteiger charge is 2.35. The molecule has 5 heteroatoms. The van der Waals surface area contributed by atoms with E-state index in [1.165, 1.54) is 0 Å². The highest BCUT2D eigenvalue weighted by Crippen LogP contribution is 2.18. The van der Waals surface area contributed by atoms with Crippen LogP contribution in [-0.4, -0.2) is 42.1 Å². The van der Waals surface area contributed by atoms with Gasteiger partial charge < -0.3 is 10.1 Å². The van der Waals surface area contributed by atoms with Gasteiger partial charge in [-0.15, -0.1) is 0 Å². The SMILES string of the molecule is CC(C)(CNC(=O)CCc1ccccc1)N1CCOC1=O. The maximum absolute atomic E-state index is 11.9. The number of carbonyl (C=O) groups is 2. The van der Waals surface area contributed by atoms with Crippen molar-refractivity contribution in [2.45, 2.75) is 32.2 Å². The van der Waals surface area contributed by atoms with Gasteiger partial charge in [-0.05, 0) is 25.8 Å². The fraction of sp³-hybridized carbons (Fsp3) is 0.500. The van der Waals surface area contributed by atoms with Gasteiger partial charge in [-0.25, -0.2) is 4.79 Å². The van der Waals surface area contributed by atoms with Gasteiger partial charge in [-0.2, -0.15) is 0 Å². The third kappa shape index (κ3) is 4.21. The van der Waals surface area contributed by atoms with Crippen molar-refractivity contribution in [2.24, 2.45) is 0 Å². The lowest BCUT2D eigenvalue weighted by molar-refractivity contribution is -0.121. The van der Waals surface area contributed by atoms with Crippen LogP contribution in [0.3, 0.4) is 0 Å². The monoisotopic (exact) mass is 290 g/mol. The van der Waals surface area contributed by atoms with Crippen LogP contribution in [0.4, 0.5) is 4.79 Å². The number of rotatable bonds is 6. The quantitative estimate of drug-likeness (QED) is 0.871. The second kappa shape index (κ2) is 6.61. The largest absolute Gasteiger partial charge is 0.448 e. The minimum Gasteiger partial charge on any atom is -0.448 e. The summed E-state index contributed by atoms with van der Waals surface area (Å²) in [6, 6.07) is 9.92. The first-order valence-corrected chi connectivity index (χ1v) is 7.24. The Morgan fingerprint density at radius 1 is 1.33 bits per heavy atom. The number of carbonyl (C=O) groups excluding carboxylic acids is 2. The molecule has 0 atom stereocenters. The standard InChI is InChI=1S/C16H22N2O3/c1-16(2,18-10-11-21-15(18)20)12-17-14(19)9-8-13-6-4-3-5-7-13/h3-7H,8-12H2,1-2H3,(H,17,19). The van der Waals surface area contributed by atoms with Crippen LogP contribution < -0.4 is 5.32 Å². The Kier molecular flexibility index (Phi) is 4.83. The maximum Gasteiger partial charge on any atom is 0.410 e. The van der Waals surface area contributed by atoms with Crippen LogP contribution >= 0.6 is 0 Å². The molecule has 1 aromatic carbocycles. The van der Waals surface area contributed by atoms with Crippen molar-refractivity contribution in [2.75, 3.05) is 19.7 Å². The molecule has 1 N–H and O–H groups in total. The van der Waals surface area contributed by atoms with Gasteiger partial charge in [0.25, 0.3) is 0 Å². The zero-order valence-electron chi connectivity index (χ0n) is 12.6. The van der Waals surface area contributed by atoms with Gasteiger partial charge in [0.1, 0.15) is 6.61 Å². The van der Waals surface area contributed by atoms with E-state index in [1.54, 1.807) is 4.90 Å². The normalized spacial score (nSPS) is 15.0. The van der Waals surface area contributed by atoms with Crippen LogP contribution in [0.15, 0.2) is 30.3 Å². The summed E-state index contributed by atoms with van der Waals surface area (Å²) in [7, 11) is 0. The molecule has 2 amide bonds. The van der Waals surface area contributed by atoms with Gasteiger partial charge in [-0.3, -0.25) is 9.69 Å².